The fourth-order valence-electron chi connectivity index (χ4n) is 2.38. The van der Waals surface area contributed by atoms with Gasteiger partial charge in [0, 0.05) is 26.1 Å². The van der Waals surface area contributed by atoms with Gasteiger partial charge >= 0.3 is 5.97 Å². The standard InChI is InChI=1S/C11H17NO4/c13-10-4-9(11(14)15)6-12(10)5-8-2-1-3-16-7-8/h8-9H,1-7H2,(H,14,15). The van der Waals surface area contributed by atoms with Crippen molar-refractivity contribution in [3.8, 4) is 0 Å². The fraction of sp³-hybridized carbons (Fsp3) is 0.818. The molecule has 2 unspecified atom stereocenters. The third-order valence-corrected chi connectivity index (χ3v) is 3.30. The molecular formula is C11H17NO4. The summed E-state index contributed by atoms with van der Waals surface area (Å²) in [5.74, 6) is -1.03. The van der Waals surface area contributed by atoms with Crippen LogP contribution in [0.2, 0.25) is 0 Å². The van der Waals surface area contributed by atoms with Crippen LogP contribution in [0.4, 0.5) is 0 Å². The number of amides is 1. The molecule has 0 bridgehead atoms. The molecule has 90 valence electrons. The van der Waals surface area contributed by atoms with Gasteiger partial charge in [-0.05, 0) is 18.8 Å². The van der Waals surface area contributed by atoms with Crippen molar-refractivity contribution >= 4 is 11.9 Å². The molecule has 2 saturated heterocycles. The summed E-state index contributed by atoms with van der Waals surface area (Å²) >= 11 is 0. The largest absolute Gasteiger partial charge is 0.481 e. The first-order chi connectivity index (χ1) is 7.66. The molecule has 0 saturated carbocycles. The number of carboxylic acids is 1. The van der Waals surface area contributed by atoms with Crippen molar-refractivity contribution in [3.63, 3.8) is 0 Å². The molecule has 2 rings (SSSR count). The van der Waals surface area contributed by atoms with Gasteiger partial charge in [-0.25, -0.2) is 0 Å². The average Bonchev–Trinajstić information content (AvgIpc) is 2.62. The molecule has 5 heteroatoms. The van der Waals surface area contributed by atoms with E-state index in [1.54, 1.807) is 4.90 Å². The Balaban J connectivity index is 1.85. The Morgan fingerprint density at radius 2 is 2.38 bits per heavy atom. The summed E-state index contributed by atoms with van der Waals surface area (Å²) in [6.07, 6.45) is 2.26. The predicted octanol–water partition coefficient (Wildman–Crippen LogP) is 0.346. The number of aliphatic carboxylic acids is 1. The van der Waals surface area contributed by atoms with Crippen LogP contribution in [-0.4, -0.2) is 48.2 Å². The monoisotopic (exact) mass is 227 g/mol. The molecule has 16 heavy (non-hydrogen) atoms. The predicted molar refractivity (Wildman–Crippen MR) is 55.9 cm³/mol. The zero-order chi connectivity index (χ0) is 11.5. The maximum absolute atomic E-state index is 11.6. The summed E-state index contributed by atoms with van der Waals surface area (Å²) in [4.78, 5) is 24.0. The Labute approximate surface area is 94.4 Å². The quantitative estimate of drug-likeness (QED) is 0.755. The highest BCUT2D eigenvalue weighted by molar-refractivity contribution is 5.86. The van der Waals surface area contributed by atoms with Gasteiger partial charge in [-0.15, -0.1) is 0 Å². The first-order valence-corrected chi connectivity index (χ1v) is 5.75. The van der Waals surface area contributed by atoms with Gasteiger partial charge in [-0.3, -0.25) is 9.59 Å². The van der Waals surface area contributed by atoms with Crippen LogP contribution in [-0.2, 0) is 14.3 Å². The molecule has 2 aliphatic rings. The van der Waals surface area contributed by atoms with Gasteiger partial charge < -0.3 is 14.7 Å². The van der Waals surface area contributed by atoms with E-state index < -0.39 is 11.9 Å². The Morgan fingerprint density at radius 3 is 2.94 bits per heavy atom. The highest BCUT2D eigenvalue weighted by Gasteiger charge is 2.35. The maximum atomic E-state index is 11.6. The summed E-state index contributed by atoms with van der Waals surface area (Å²) in [7, 11) is 0. The molecule has 1 N–H and O–H groups in total. The number of carbonyl (C=O) groups excluding carboxylic acids is 1. The highest BCUT2D eigenvalue weighted by Crippen LogP contribution is 2.22. The van der Waals surface area contributed by atoms with E-state index in [0.29, 0.717) is 25.6 Å². The lowest BCUT2D eigenvalue weighted by atomic mass is 10.0. The molecule has 2 aliphatic heterocycles. The van der Waals surface area contributed by atoms with Crippen LogP contribution in [0.5, 0.6) is 0 Å². The topological polar surface area (TPSA) is 66.8 Å². The average molecular weight is 227 g/mol. The molecule has 2 atom stereocenters. The molecule has 0 aromatic carbocycles. The summed E-state index contributed by atoms with van der Waals surface area (Å²) in [6.45, 7) is 2.52. The van der Waals surface area contributed by atoms with Crippen molar-refractivity contribution in [2.24, 2.45) is 11.8 Å². The second kappa shape index (κ2) is 4.82. The number of hydrogen-bond donors (Lipinski definition) is 1. The van der Waals surface area contributed by atoms with Gasteiger partial charge in [0.2, 0.25) is 5.91 Å². The van der Waals surface area contributed by atoms with E-state index in [9.17, 15) is 9.59 Å². The van der Waals surface area contributed by atoms with Crippen LogP contribution in [0.25, 0.3) is 0 Å². The van der Waals surface area contributed by atoms with E-state index in [-0.39, 0.29) is 12.3 Å². The zero-order valence-electron chi connectivity index (χ0n) is 9.22. The minimum atomic E-state index is -0.865. The van der Waals surface area contributed by atoms with E-state index in [1.807, 2.05) is 0 Å². The van der Waals surface area contributed by atoms with Crippen LogP contribution in [0.3, 0.4) is 0 Å². The minimum Gasteiger partial charge on any atom is -0.481 e. The van der Waals surface area contributed by atoms with Crippen molar-refractivity contribution < 1.29 is 19.4 Å². The van der Waals surface area contributed by atoms with Crippen LogP contribution in [0.15, 0.2) is 0 Å². The van der Waals surface area contributed by atoms with Crippen molar-refractivity contribution in [3.05, 3.63) is 0 Å². The van der Waals surface area contributed by atoms with Gasteiger partial charge in [-0.2, -0.15) is 0 Å². The van der Waals surface area contributed by atoms with Gasteiger partial charge in [0.05, 0.1) is 12.5 Å². The van der Waals surface area contributed by atoms with Gasteiger partial charge in [0.15, 0.2) is 0 Å². The first kappa shape index (κ1) is 11.4. The molecule has 0 radical (unpaired) electrons. The lowest BCUT2D eigenvalue weighted by Gasteiger charge is -2.26. The van der Waals surface area contributed by atoms with Crippen LogP contribution >= 0.6 is 0 Å². The molecule has 1 amide bonds. The third-order valence-electron chi connectivity index (χ3n) is 3.30. The first-order valence-electron chi connectivity index (χ1n) is 5.75. The number of likely N-dealkylation sites (tertiary alicyclic amines) is 1. The number of carbonyl (C=O) groups is 2. The summed E-state index contributed by atoms with van der Waals surface area (Å²) in [5.41, 5.74) is 0. The molecule has 0 spiro atoms. The minimum absolute atomic E-state index is 0.0297. The molecule has 2 fully saturated rings. The molecule has 0 aliphatic carbocycles. The van der Waals surface area contributed by atoms with Crippen molar-refractivity contribution in [1.82, 2.24) is 4.90 Å². The second-order valence-electron chi connectivity index (χ2n) is 4.62. The van der Waals surface area contributed by atoms with Crippen molar-refractivity contribution in [2.75, 3.05) is 26.3 Å². The van der Waals surface area contributed by atoms with E-state index >= 15 is 0 Å². The van der Waals surface area contributed by atoms with E-state index in [1.165, 1.54) is 0 Å². The van der Waals surface area contributed by atoms with Crippen molar-refractivity contribution in [2.45, 2.75) is 19.3 Å². The smallest absolute Gasteiger partial charge is 0.308 e. The fourth-order valence-corrected chi connectivity index (χ4v) is 2.38. The number of rotatable bonds is 3. The lowest BCUT2D eigenvalue weighted by molar-refractivity contribution is -0.141. The van der Waals surface area contributed by atoms with Crippen LogP contribution < -0.4 is 0 Å². The number of carboxylic acid groups (broad SMARTS) is 1. The number of hydrogen-bond acceptors (Lipinski definition) is 3. The summed E-state index contributed by atoms with van der Waals surface area (Å²) in [5, 5.41) is 8.85. The number of nitrogens with zero attached hydrogens (tertiary/aromatic N) is 1. The highest BCUT2D eigenvalue weighted by atomic mass is 16.5. The SMILES string of the molecule is O=C(O)C1CC(=O)N(CC2CCCOC2)C1. The Morgan fingerprint density at radius 1 is 1.56 bits per heavy atom. The van der Waals surface area contributed by atoms with Crippen LogP contribution in [0, 0.1) is 11.8 Å². The zero-order valence-corrected chi connectivity index (χ0v) is 9.22. The van der Waals surface area contributed by atoms with Crippen LogP contribution in [0.1, 0.15) is 19.3 Å². The molecule has 2 heterocycles. The molecule has 0 aromatic rings. The second-order valence-corrected chi connectivity index (χ2v) is 4.62. The third kappa shape index (κ3) is 2.52. The van der Waals surface area contributed by atoms with E-state index in [0.717, 1.165) is 19.4 Å². The lowest BCUT2D eigenvalue weighted by Crippen LogP contribution is -2.35. The Bertz CT molecular complexity index is 286. The summed E-state index contributed by atoms with van der Waals surface area (Å²) in [6, 6.07) is 0. The van der Waals surface area contributed by atoms with E-state index in [2.05, 4.69) is 0 Å². The maximum Gasteiger partial charge on any atom is 0.308 e. The number of ether oxygens (including phenoxy) is 1. The molecular weight excluding hydrogens is 210 g/mol. The van der Waals surface area contributed by atoms with Gasteiger partial charge in [0.1, 0.15) is 0 Å². The molecule has 5 nitrogen and oxygen atoms in total. The van der Waals surface area contributed by atoms with E-state index in [4.69, 9.17) is 9.84 Å². The summed E-state index contributed by atoms with van der Waals surface area (Å²) < 4.78 is 5.35. The normalized spacial score (nSPS) is 30.8. The van der Waals surface area contributed by atoms with Gasteiger partial charge in [-0.1, -0.05) is 0 Å². The Hall–Kier alpha value is -1.10. The van der Waals surface area contributed by atoms with Crippen molar-refractivity contribution in [1.29, 1.82) is 0 Å². The Kier molecular flexibility index (Phi) is 3.43. The van der Waals surface area contributed by atoms with Gasteiger partial charge in [0.25, 0.3) is 0 Å². The molecule has 0 aromatic heterocycles.